The molecule has 2 aromatic heterocycles. The van der Waals surface area contributed by atoms with Gasteiger partial charge < -0.3 is 46.2 Å². The van der Waals surface area contributed by atoms with Crippen molar-refractivity contribution in [1.29, 1.82) is 5.41 Å². The molecule has 4 heterocycles. The zero-order valence-corrected chi connectivity index (χ0v) is 28.9. The average molecular weight is 700 g/mol. The van der Waals surface area contributed by atoms with Crippen LogP contribution in [0.25, 0.3) is 0 Å². The molecular weight excluding hydrogens is 669 g/mol. The van der Waals surface area contributed by atoms with Crippen LogP contribution in [0.4, 0.5) is 16.4 Å². The van der Waals surface area contributed by atoms with E-state index in [0.717, 1.165) is 41.1 Å². The second-order valence-electron chi connectivity index (χ2n) is 10.7. The van der Waals surface area contributed by atoms with Crippen LogP contribution >= 0.6 is 23.1 Å². The average Bonchev–Trinajstić information content (AvgIpc) is 3.43. The van der Waals surface area contributed by atoms with Gasteiger partial charge in [-0.3, -0.25) is 29.6 Å². The van der Waals surface area contributed by atoms with Gasteiger partial charge >= 0.3 is 41.6 Å². The number of thioether (sulfide) groups is 1. The number of aromatic nitrogens is 3. The third-order valence-electron chi connectivity index (χ3n) is 7.63. The van der Waals surface area contributed by atoms with Crippen LogP contribution in [0.15, 0.2) is 22.8 Å². The number of urea groups is 1. The number of nitrogens with zero attached hydrogens (tertiary/aromatic N) is 4. The Hall–Kier alpha value is -3.69. The number of amides is 4. The summed E-state index contributed by atoms with van der Waals surface area (Å²) in [4.78, 5) is 75.5. The van der Waals surface area contributed by atoms with Gasteiger partial charge in [0.15, 0.2) is 10.8 Å². The number of rotatable bonds is 10. The van der Waals surface area contributed by atoms with E-state index < -0.39 is 58.8 Å². The number of H-pyrrole nitrogens is 1. The number of thiazole rings is 1. The molecule has 0 bridgehead atoms. The maximum absolute atomic E-state index is 13.8. The summed E-state index contributed by atoms with van der Waals surface area (Å²) in [5.41, 5.74) is 5.07. The Morgan fingerprint density at radius 3 is 2.57 bits per heavy atom. The number of β-lactam (4-membered cyclic amide) rings is 1. The van der Waals surface area contributed by atoms with E-state index in [4.69, 9.17) is 15.9 Å². The minimum atomic E-state index is -1.66. The van der Waals surface area contributed by atoms with Crippen LogP contribution in [-0.4, -0.2) is 95.8 Å². The first-order valence-corrected chi connectivity index (χ1v) is 15.9. The van der Waals surface area contributed by atoms with Crippen LogP contribution < -0.4 is 60.7 Å². The molecule has 0 aromatic carbocycles. The van der Waals surface area contributed by atoms with Gasteiger partial charge in [-0.15, -0.1) is 23.1 Å². The van der Waals surface area contributed by atoms with Crippen molar-refractivity contribution in [2.75, 3.05) is 22.6 Å². The summed E-state index contributed by atoms with van der Waals surface area (Å²) in [5, 5.41) is 46.6. The van der Waals surface area contributed by atoms with Gasteiger partial charge in [0.2, 0.25) is 17.7 Å². The molecule has 1 saturated carbocycles. The van der Waals surface area contributed by atoms with Crippen LogP contribution in [0.2, 0.25) is 0 Å². The molecule has 8 N–H and O–H groups in total. The van der Waals surface area contributed by atoms with Crippen molar-refractivity contribution in [1.82, 2.24) is 25.2 Å². The molecule has 246 valence electrons. The van der Waals surface area contributed by atoms with Crippen LogP contribution in [0.3, 0.4) is 0 Å². The quantitative estimate of drug-likeness (QED) is 0.0699. The number of hydrogen-bond acceptors (Lipinski definition) is 15. The first-order chi connectivity index (χ1) is 21.8. The number of aliphatic hydroxyl groups is 1. The molecule has 0 spiro atoms. The number of aliphatic hydroxyl groups excluding tert-OH is 1. The number of aromatic amines is 1. The molecule has 1 unspecified atom stereocenters. The fraction of sp³-hybridized carbons (Fsp3) is 0.462. The Balaban J connectivity index is 0.00000500. The molecule has 1 aliphatic carbocycles. The molecule has 18 nitrogen and oxygen atoms in total. The topological polar surface area (TPSA) is 280 Å². The number of nitrogens with one attached hydrogen (secondary N) is 4. The fourth-order valence-corrected chi connectivity index (χ4v) is 7.38. The van der Waals surface area contributed by atoms with Gasteiger partial charge in [-0.1, -0.05) is 0 Å². The summed E-state index contributed by atoms with van der Waals surface area (Å²) < 4.78 is 4.91. The number of esters is 1. The normalized spacial score (nSPS) is 22.6. The molecular formula is C26H30N9NaO9S2. The van der Waals surface area contributed by atoms with E-state index in [1.165, 1.54) is 5.38 Å². The number of primary amides is 1. The molecule has 1 saturated heterocycles. The van der Waals surface area contributed by atoms with Gasteiger partial charge in [-0.2, -0.15) is 4.98 Å². The van der Waals surface area contributed by atoms with Gasteiger partial charge in [0.1, 0.15) is 23.7 Å². The SMILES string of the molecule is CC(=O)OCC1=C(C(=O)[O-])N2C(=O)[C@@H](NC(=O)C(c3csc(=N)[nH]3)N(C(N)=O)c3cnc(NC4CCC(O)CC4)nc3O)[C@@H]2SC1.[Na+]. The number of aliphatic carboxylic acids is 1. The number of anilines is 2. The maximum Gasteiger partial charge on any atom is 1.00 e. The van der Waals surface area contributed by atoms with Crippen molar-refractivity contribution >= 4 is 64.5 Å². The van der Waals surface area contributed by atoms with Gasteiger partial charge in [-0.25, -0.2) is 9.78 Å². The predicted molar refractivity (Wildman–Crippen MR) is 159 cm³/mol. The Labute approximate surface area is 296 Å². The fourth-order valence-electron chi connectivity index (χ4n) is 5.44. The molecule has 2 aromatic rings. The van der Waals surface area contributed by atoms with E-state index in [9.17, 15) is 39.3 Å². The Bertz CT molecular complexity index is 1660. The molecule has 47 heavy (non-hydrogen) atoms. The number of aromatic hydroxyl groups is 1. The number of nitrogens with two attached hydrogens (primary N) is 1. The first-order valence-electron chi connectivity index (χ1n) is 14.0. The van der Waals surface area contributed by atoms with Crippen LogP contribution in [0.1, 0.15) is 44.3 Å². The van der Waals surface area contributed by atoms with E-state index in [1.54, 1.807) is 0 Å². The van der Waals surface area contributed by atoms with Crippen molar-refractivity contribution in [2.24, 2.45) is 5.73 Å². The van der Waals surface area contributed by atoms with Gasteiger partial charge in [0.05, 0.1) is 29.7 Å². The van der Waals surface area contributed by atoms with Crippen molar-refractivity contribution in [3.8, 4) is 5.88 Å². The number of hydrogen-bond donors (Lipinski definition) is 7. The number of fused-ring (bicyclic) bond motifs is 1. The molecule has 3 atom stereocenters. The third-order valence-corrected chi connectivity index (χ3v) is 9.68. The van der Waals surface area contributed by atoms with E-state index in [-0.39, 0.29) is 81.8 Å². The zero-order valence-electron chi connectivity index (χ0n) is 25.2. The van der Waals surface area contributed by atoms with Crippen LogP contribution in [0, 0.1) is 5.41 Å². The maximum atomic E-state index is 13.8. The summed E-state index contributed by atoms with van der Waals surface area (Å²) in [7, 11) is 0. The van der Waals surface area contributed by atoms with Crippen molar-refractivity contribution in [3.63, 3.8) is 0 Å². The van der Waals surface area contributed by atoms with Gasteiger partial charge in [0.25, 0.3) is 5.91 Å². The standard InChI is InChI=1S/C26H31N9O9S2.Na/c1-10(36)44-7-11-8-45-22-16(21(40)35(22)17(11)23(41)42)32-20(39)18(14-9-46-24(27)31-14)34(25(28)43)15-6-29-26(33-19(15)38)30-12-2-4-13(37)5-3-12;/h6,9,12-13,16,18,22,37H,2-5,7-8H2,1H3,(H2,27,31)(H2,28,43)(H,32,39)(H,41,42)(H2,29,30,33,38);/q;+1/p-1/t12?,13?,16-,18?,22+;/m1./s1. The number of ether oxygens (including phenoxy) is 1. The summed E-state index contributed by atoms with van der Waals surface area (Å²) in [5.74, 6) is -4.63. The molecule has 5 rings (SSSR count). The molecule has 0 radical (unpaired) electrons. The number of carbonyl (C=O) groups is 5. The van der Waals surface area contributed by atoms with E-state index >= 15 is 0 Å². The molecule has 21 heteroatoms. The Kier molecular flexibility index (Phi) is 11.6. The molecule has 2 aliphatic heterocycles. The zero-order chi connectivity index (χ0) is 33.3. The second-order valence-corrected chi connectivity index (χ2v) is 12.7. The molecule has 2 fully saturated rings. The number of carboxylic acid groups (broad SMARTS) is 1. The Morgan fingerprint density at radius 1 is 1.30 bits per heavy atom. The van der Waals surface area contributed by atoms with Crippen LogP contribution in [0.5, 0.6) is 5.88 Å². The summed E-state index contributed by atoms with van der Waals surface area (Å²) in [6.45, 7) is 0.794. The first kappa shape index (κ1) is 36.2. The van der Waals surface area contributed by atoms with E-state index in [2.05, 4.69) is 25.6 Å². The molecule has 3 aliphatic rings. The largest absolute Gasteiger partial charge is 1.00 e. The van der Waals surface area contributed by atoms with Crippen molar-refractivity contribution in [2.45, 2.75) is 62.2 Å². The second kappa shape index (κ2) is 15.0. The number of carboxylic acids is 1. The van der Waals surface area contributed by atoms with Crippen molar-refractivity contribution < 1.29 is 73.6 Å². The van der Waals surface area contributed by atoms with E-state index in [1.807, 2.05) is 0 Å². The van der Waals surface area contributed by atoms with Gasteiger partial charge in [0, 0.05) is 29.7 Å². The monoisotopic (exact) mass is 699 g/mol. The van der Waals surface area contributed by atoms with Crippen molar-refractivity contribution in [3.05, 3.63) is 33.3 Å². The third kappa shape index (κ3) is 7.73. The number of carbonyl (C=O) groups excluding carboxylic acids is 5. The minimum absolute atomic E-state index is 0. The van der Waals surface area contributed by atoms with E-state index in [0.29, 0.717) is 30.6 Å². The Morgan fingerprint density at radius 2 is 2.00 bits per heavy atom. The minimum Gasteiger partial charge on any atom is -0.543 e. The summed E-state index contributed by atoms with van der Waals surface area (Å²) in [6.07, 6.45) is 3.18. The predicted octanol–water partition coefficient (Wildman–Crippen LogP) is -4.64. The smallest absolute Gasteiger partial charge is 0.543 e. The molecule has 4 amide bonds. The van der Waals surface area contributed by atoms with Gasteiger partial charge in [-0.05, 0) is 25.7 Å². The summed E-state index contributed by atoms with van der Waals surface area (Å²) in [6, 6.07) is -4.14. The summed E-state index contributed by atoms with van der Waals surface area (Å²) >= 11 is 2.02. The van der Waals surface area contributed by atoms with Crippen LogP contribution in [-0.2, 0) is 23.9 Å².